The normalized spacial score (nSPS) is 18.3. The largest absolute Gasteiger partial charge is 0.306 e. The molecule has 0 bridgehead atoms. The molecular weight excluding hydrogens is 294 g/mol. The van der Waals surface area contributed by atoms with Gasteiger partial charge in [-0.2, -0.15) is 11.3 Å². The number of hydrogen-bond acceptors (Lipinski definition) is 3. The predicted molar refractivity (Wildman–Crippen MR) is 85.4 cm³/mol. The van der Waals surface area contributed by atoms with Crippen LogP contribution in [0.4, 0.5) is 0 Å². The van der Waals surface area contributed by atoms with E-state index in [1.807, 2.05) is 17.8 Å². The number of benzene rings is 1. The van der Waals surface area contributed by atoms with E-state index in [0.717, 1.165) is 11.6 Å². The second kappa shape index (κ2) is 5.88. The van der Waals surface area contributed by atoms with E-state index in [0.29, 0.717) is 6.04 Å². The molecule has 2 aromatic rings. The van der Waals surface area contributed by atoms with Crippen LogP contribution in [-0.2, 0) is 6.54 Å². The number of aryl methyl sites for hydroxylation is 1. The van der Waals surface area contributed by atoms with Gasteiger partial charge >= 0.3 is 0 Å². The smallest absolute Gasteiger partial charge is 0.0410 e. The van der Waals surface area contributed by atoms with Crippen molar-refractivity contribution in [3.05, 3.63) is 50.7 Å². The molecule has 19 heavy (non-hydrogen) atoms. The van der Waals surface area contributed by atoms with Crippen molar-refractivity contribution in [2.45, 2.75) is 30.8 Å². The van der Waals surface area contributed by atoms with Gasteiger partial charge in [-0.1, -0.05) is 11.6 Å². The highest BCUT2D eigenvalue weighted by Crippen LogP contribution is 2.37. The number of halogens is 1. The second-order valence-corrected chi connectivity index (χ2v) is 7.15. The van der Waals surface area contributed by atoms with Crippen molar-refractivity contribution in [2.24, 2.45) is 0 Å². The number of hydrogen-bond donors (Lipinski definition) is 1. The summed E-state index contributed by atoms with van der Waals surface area (Å²) in [5.41, 5.74) is 4.15. The van der Waals surface area contributed by atoms with Gasteiger partial charge in [0.2, 0.25) is 0 Å². The molecule has 1 atom stereocenters. The van der Waals surface area contributed by atoms with Gasteiger partial charge < -0.3 is 5.32 Å². The van der Waals surface area contributed by atoms with E-state index in [1.165, 1.54) is 33.8 Å². The van der Waals surface area contributed by atoms with Crippen LogP contribution in [-0.4, -0.2) is 5.75 Å². The third-order valence-electron chi connectivity index (χ3n) is 3.51. The van der Waals surface area contributed by atoms with Crippen LogP contribution in [0.25, 0.3) is 0 Å². The maximum atomic E-state index is 6.13. The molecular formula is C15H16ClNS2. The summed E-state index contributed by atoms with van der Waals surface area (Å²) in [6.45, 7) is 3.12. The lowest BCUT2D eigenvalue weighted by Gasteiger charge is -2.26. The van der Waals surface area contributed by atoms with E-state index in [4.69, 9.17) is 11.6 Å². The third-order valence-corrected chi connectivity index (χ3v) is 5.78. The van der Waals surface area contributed by atoms with Gasteiger partial charge in [-0.15, -0.1) is 11.8 Å². The van der Waals surface area contributed by atoms with Crippen LogP contribution < -0.4 is 5.32 Å². The van der Waals surface area contributed by atoms with Gasteiger partial charge in [0.15, 0.2) is 0 Å². The average molecular weight is 310 g/mol. The zero-order chi connectivity index (χ0) is 13.2. The van der Waals surface area contributed by atoms with Crippen molar-refractivity contribution in [1.82, 2.24) is 5.32 Å². The fourth-order valence-corrected chi connectivity index (χ4v) is 4.52. The zero-order valence-corrected chi connectivity index (χ0v) is 13.2. The minimum absolute atomic E-state index is 0.425. The first-order valence-electron chi connectivity index (χ1n) is 6.41. The lowest BCUT2D eigenvalue weighted by molar-refractivity contribution is 0.510. The van der Waals surface area contributed by atoms with Crippen LogP contribution in [0.1, 0.15) is 29.2 Å². The van der Waals surface area contributed by atoms with E-state index in [1.54, 1.807) is 11.3 Å². The molecule has 0 saturated carbocycles. The van der Waals surface area contributed by atoms with Crippen molar-refractivity contribution < 1.29 is 0 Å². The molecule has 1 N–H and O–H groups in total. The van der Waals surface area contributed by atoms with Crippen molar-refractivity contribution in [2.75, 3.05) is 5.75 Å². The molecule has 0 saturated heterocycles. The Kier molecular flexibility index (Phi) is 4.18. The van der Waals surface area contributed by atoms with Crippen molar-refractivity contribution in [3.63, 3.8) is 0 Å². The Balaban J connectivity index is 1.76. The molecule has 100 valence electrons. The van der Waals surface area contributed by atoms with Crippen LogP contribution in [0.3, 0.4) is 0 Å². The first kappa shape index (κ1) is 13.5. The van der Waals surface area contributed by atoms with Crippen molar-refractivity contribution in [1.29, 1.82) is 0 Å². The Morgan fingerprint density at radius 1 is 1.37 bits per heavy atom. The van der Waals surface area contributed by atoms with E-state index >= 15 is 0 Å². The van der Waals surface area contributed by atoms with Crippen LogP contribution in [0.15, 0.2) is 33.9 Å². The van der Waals surface area contributed by atoms with Crippen LogP contribution in [0.2, 0.25) is 5.02 Å². The molecule has 1 unspecified atom stereocenters. The van der Waals surface area contributed by atoms with E-state index < -0.39 is 0 Å². The van der Waals surface area contributed by atoms with Gasteiger partial charge in [0, 0.05) is 22.5 Å². The molecule has 0 spiro atoms. The van der Waals surface area contributed by atoms with E-state index in [-0.39, 0.29) is 0 Å². The number of nitrogens with one attached hydrogen (secondary N) is 1. The fourth-order valence-electron chi connectivity index (χ4n) is 2.38. The fraction of sp³-hybridized carbons (Fsp3) is 0.333. The zero-order valence-electron chi connectivity index (χ0n) is 10.8. The molecule has 4 heteroatoms. The molecule has 1 aromatic heterocycles. The Hall–Kier alpha value is -0.480. The lowest BCUT2D eigenvalue weighted by atomic mass is 10.0. The standard InChI is InChI=1S/C15H16ClNS2/c1-10-8-18-9-11(10)7-17-14-4-5-19-15-3-2-12(16)6-13(14)15/h2-3,6,8-9,14,17H,4-5,7H2,1H3. The van der Waals surface area contributed by atoms with Crippen molar-refractivity contribution >= 4 is 34.7 Å². The predicted octanol–water partition coefficient (Wildman–Crippen LogP) is 5.04. The number of thioether (sulfide) groups is 1. The summed E-state index contributed by atoms with van der Waals surface area (Å²) in [4.78, 5) is 1.37. The minimum atomic E-state index is 0.425. The Morgan fingerprint density at radius 2 is 2.26 bits per heavy atom. The quantitative estimate of drug-likeness (QED) is 0.852. The summed E-state index contributed by atoms with van der Waals surface area (Å²) in [5.74, 6) is 1.18. The molecule has 2 heterocycles. The molecule has 0 radical (unpaired) electrons. The summed E-state index contributed by atoms with van der Waals surface area (Å²) >= 11 is 9.84. The molecule has 3 rings (SSSR count). The van der Waals surface area contributed by atoms with Crippen LogP contribution >= 0.6 is 34.7 Å². The third kappa shape index (κ3) is 3.00. The highest BCUT2D eigenvalue weighted by atomic mass is 35.5. The van der Waals surface area contributed by atoms with Gasteiger partial charge in [-0.05, 0) is 64.7 Å². The molecule has 1 aromatic carbocycles. The SMILES string of the molecule is Cc1cscc1CNC1CCSc2ccc(Cl)cc21. The Bertz CT molecular complexity index is 579. The molecule has 1 aliphatic heterocycles. The van der Waals surface area contributed by atoms with Gasteiger partial charge in [-0.25, -0.2) is 0 Å². The molecule has 0 aliphatic carbocycles. The summed E-state index contributed by atoms with van der Waals surface area (Å²) in [6.07, 6.45) is 1.17. The van der Waals surface area contributed by atoms with Gasteiger partial charge in [0.25, 0.3) is 0 Å². The number of fused-ring (bicyclic) bond motifs is 1. The minimum Gasteiger partial charge on any atom is -0.306 e. The van der Waals surface area contributed by atoms with Crippen LogP contribution in [0, 0.1) is 6.92 Å². The summed E-state index contributed by atoms with van der Waals surface area (Å²) in [7, 11) is 0. The van der Waals surface area contributed by atoms with Gasteiger partial charge in [-0.3, -0.25) is 0 Å². The molecule has 0 fully saturated rings. The van der Waals surface area contributed by atoms with Gasteiger partial charge in [0.1, 0.15) is 0 Å². The lowest BCUT2D eigenvalue weighted by Crippen LogP contribution is -2.24. The maximum absolute atomic E-state index is 6.13. The molecule has 1 nitrogen and oxygen atoms in total. The molecule has 0 amide bonds. The Labute approximate surface area is 127 Å². The first-order chi connectivity index (χ1) is 9.24. The monoisotopic (exact) mass is 309 g/mol. The van der Waals surface area contributed by atoms with Crippen molar-refractivity contribution in [3.8, 4) is 0 Å². The average Bonchev–Trinajstić information content (AvgIpc) is 2.82. The Morgan fingerprint density at radius 3 is 3.05 bits per heavy atom. The topological polar surface area (TPSA) is 12.0 Å². The van der Waals surface area contributed by atoms with Gasteiger partial charge in [0.05, 0.1) is 0 Å². The van der Waals surface area contributed by atoms with E-state index in [9.17, 15) is 0 Å². The first-order valence-corrected chi connectivity index (χ1v) is 8.72. The number of thiophene rings is 1. The second-order valence-electron chi connectivity index (χ2n) is 4.83. The van der Waals surface area contributed by atoms with Crippen LogP contribution in [0.5, 0.6) is 0 Å². The summed E-state index contributed by atoms with van der Waals surface area (Å²) in [6, 6.07) is 6.67. The summed E-state index contributed by atoms with van der Waals surface area (Å²) in [5, 5.41) is 8.96. The maximum Gasteiger partial charge on any atom is 0.0410 e. The molecule has 1 aliphatic rings. The highest BCUT2D eigenvalue weighted by molar-refractivity contribution is 7.99. The number of rotatable bonds is 3. The summed E-state index contributed by atoms with van der Waals surface area (Å²) < 4.78 is 0. The highest BCUT2D eigenvalue weighted by Gasteiger charge is 2.20. The van der Waals surface area contributed by atoms with E-state index in [2.05, 4.69) is 35.1 Å².